The number of rotatable bonds is 5. The Kier molecular flexibility index (Phi) is 3.70. The van der Waals surface area contributed by atoms with E-state index in [1.807, 2.05) is 0 Å². The van der Waals surface area contributed by atoms with E-state index in [1.54, 1.807) is 6.92 Å². The van der Waals surface area contributed by atoms with Crippen molar-refractivity contribution in [2.45, 2.75) is 13.8 Å². The second kappa shape index (κ2) is 4.81. The lowest BCUT2D eigenvalue weighted by atomic mass is 10.5. The minimum atomic E-state index is 0.502. The molecule has 0 radical (unpaired) electrons. The highest BCUT2D eigenvalue weighted by molar-refractivity contribution is 5.17. The fourth-order valence-electron chi connectivity index (χ4n) is 0.881. The van der Waals surface area contributed by atoms with Gasteiger partial charge in [-0.3, -0.25) is 0 Å². The minimum Gasteiger partial charge on any atom is -0.336 e. The van der Waals surface area contributed by atoms with Gasteiger partial charge in [0, 0.05) is 13.1 Å². The zero-order valence-electron chi connectivity index (χ0n) is 8.37. The molecule has 1 rings (SSSR count). The van der Waals surface area contributed by atoms with Crippen molar-refractivity contribution in [2.75, 3.05) is 32.0 Å². The van der Waals surface area contributed by atoms with Crippen molar-refractivity contribution in [3.05, 3.63) is 5.82 Å². The number of aryl methyl sites for hydroxylation is 1. The topological polar surface area (TPSA) is 54.2 Å². The van der Waals surface area contributed by atoms with Gasteiger partial charge >= 0.3 is 6.01 Å². The summed E-state index contributed by atoms with van der Waals surface area (Å²) in [6.45, 7) is 6.76. The van der Waals surface area contributed by atoms with Gasteiger partial charge in [-0.05, 0) is 20.5 Å². The predicted molar refractivity (Wildman–Crippen MR) is 50.7 cm³/mol. The maximum atomic E-state index is 4.89. The van der Waals surface area contributed by atoms with Crippen LogP contribution in [0.25, 0.3) is 0 Å². The van der Waals surface area contributed by atoms with Gasteiger partial charge in [0.1, 0.15) is 0 Å². The van der Waals surface area contributed by atoms with Crippen molar-refractivity contribution in [1.29, 1.82) is 0 Å². The summed E-state index contributed by atoms with van der Waals surface area (Å²) in [5, 5.41) is 6.72. The first-order chi connectivity index (χ1) is 6.22. The highest BCUT2D eigenvalue weighted by atomic mass is 16.5. The highest BCUT2D eigenvalue weighted by Crippen LogP contribution is 2.00. The standard InChI is InChI=1S/C8H16N4O/c1-4-12(3)6-5-9-8-10-7(2)11-13-8/h4-6H2,1-3H3,(H,9,10,11). The van der Waals surface area contributed by atoms with Gasteiger partial charge in [-0.1, -0.05) is 12.1 Å². The maximum absolute atomic E-state index is 4.89. The molecule has 0 atom stereocenters. The summed E-state index contributed by atoms with van der Waals surface area (Å²) in [5.74, 6) is 0.659. The molecular formula is C8H16N4O. The third-order valence-electron chi connectivity index (χ3n) is 1.84. The SMILES string of the molecule is CCN(C)CCNc1nc(C)no1. The molecule has 0 amide bonds. The Morgan fingerprint density at radius 1 is 1.54 bits per heavy atom. The quantitative estimate of drug-likeness (QED) is 0.731. The lowest BCUT2D eigenvalue weighted by Gasteiger charge is -2.12. The van der Waals surface area contributed by atoms with Crippen LogP contribution in [0, 0.1) is 6.92 Å². The zero-order valence-corrected chi connectivity index (χ0v) is 8.37. The van der Waals surface area contributed by atoms with E-state index >= 15 is 0 Å². The Morgan fingerprint density at radius 3 is 2.85 bits per heavy atom. The van der Waals surface area contributed by atoms with Crippen LogP contribution in [-0.4, -0.2) is 41.7 Å². The second-order valence-electron chi connectivity index (χ2n) is 2.97. The third-order valence-corrected chi connectivity index (χ3v) is 1.84. The molecule has 0 saturated carbocycles. The van der Waals surface area contributed by atoms with Gasteiger partial charge in [0.25, 0.3) is 0 Å². The van der Waals surface area contributed by atoms with Gasteiger partial charge in [-0.15, -0.1) is 0 Å². The molecule has 1 aromatic heterocycles. The maximum Gasteiger partial charge on any atom is 0.321 e. The van der Waals surface area contributed by atoms with Gasteiger partial charge in [0.2, 0.25) is 0 Å². The molecule has 0 unspecified atom stereocenters. The molecule has 13 heavy (non-hydrogen) atoms. The lowest BCUT2D eigenvalue weighted by Crippen LogP contribution is -2.24. The van der Waals surface area contributed by atoms with Gasteiger partial charge in [0.05, 0.1) is 0 Å². The summed E-state index contributed by atoms with van der Waals surface area (Å²) >= 11 is 0. The highest BCUT2D eigenvalue weighted by Gasteiger charge is 2.00. The largest absolute Gasteiger partial charge is 0.336 e. The Labute approximate surface area is 78.1 Å². The molecule has 1 N–H and O–H groups in total. The summed E-state index contributed by atoms with van der Waals surface area (Å²) in [4.78, 5) is 6.23. The van der Waals surface area contributed by atoms with E-state index in [1.165, 1.54) is 0 Å². The number of anilines is 1. The van der Waals surface area contributed by atoms with Crippen molar-refractivity contribution in [2.24, 2.45) is 0 Å². The van der Waals surface area contributed by atoms with E-state index in [4.69, 9.17) is 4.52 Å². The molecule has 0 spiro atoms. The molecule has 0 bridgehead atoms. The fraction of sp³-hybridized carbons (Fsp3) is 0.750. The molecule has 0 fully saturated rings. The fourth-order valence-corrected chi connectivity index (χ4v) is 0.881. The lowest BCUT2D eigenvalue weighted by molar-refractivity contribution is 0.363. The Morgan fingerprint density at radius 2 is 2.31 bits per heavy atom. The van der Waals surface area contributed by atoms with Gasteiger partial charge in [0.15, 0.2) is 5.82 Å². The van der Waals surface area contributed by atoms with Crippen LogP contribution in [0.3, 0.4) is 0 Å². The molecule has 1 heterocycles. The molecule has 0 aliphatic carbocycles. The zero-order chi connectivity index (χ0) is 9.68. The molecule has 5 heteroatoms. The summed E-state index contributed by atoms with van der Waals surface area (Å²) < 4.78 is 4.89. The number of nitrogens with zero attached hydrogens (tertiary/aromatic N) is 3. The Bertz CT molecular complexity index is 248. The van der Waals surface area contributed by atoms with Gasteiger partial charge < -0.3 is 14.7 Å². The summed E-state index contributed by atoms with van der Waals surface area (Å²) in [5.41, 5.74) is 0. The summed E-state index contributed by atoms with van der Waals surface area (Å²) in [7, 11) is 2.07. The minimum absolute atomic E-state index is 0.502. The summed E-state index contributed by atoms with van der Waals surface area (Å²) in [6.07, 6.45) is 0. The van der Waals surface area contributed by atoms with Crippen molar-refractivity contribution in [1.82, 2.24) is 15.0 Å². The van der Waals surface area contributed by atoms with E-state index < -0.39 is 0 Å². The van der Waals surface area contributed by atoms with E-state index in [2.05, 4.69) is 34.3 Å². The van der Waals surface area contributed by atoms with Crippen LogP contribution in [-0.2, 0) is 0 Å². The molecule has 0 aliphatic heterocycles. The predicted octanol–water partition coefficient (Wildman–Crippen LogP) is 0.742. The van der Waals surface area contributed by atoms with Crippen LogP contribution >= 0.6 is 0 Å². The summed E-state index contributed by atoms with van der Waals surface area (Å²) in [6, 6.07) is 0.502. The monoisotopic (exact) mass is 184 g/mol. The smallest absolute Gasteiger partial charge is 0.321 e. The average molecular weight is 184 g/mol. The van der Waals surface area contributed by atoms with E-state index in [0.29, 0.717) is 11.8 Å². The van der Waals surface area contributed by atoms with Gasteiger partial charge in [-0.2, -0.15) is 4.98 Å². The molecule has 0 aromatic carbocycles. The van der Waals surface area contributed by atoms with Crippen LogP contribution in [0.15, 0.2) is 4.52 Å². The van der Waals surface area contributed by atoms with Crippen LogP contribution in [0.4, 0.5) is 6.01 Å². The number of hydrogen-bond donors (Lipinski definition) is 1. The first kappa shape index (κ1) is 9.98. The van der Waals surface area contributed by atoms with E-state index in [0.717, 1.165) is 19.6 Å². The number of likely N-dealkylation sites (N-methyl/N-ethyl adjacent to an activating group) is 1. The van der Waals surface area contributed by atoms with Crippen LogP contribution < -0.4 is 5.32 Å². The Hall–Kier alpha value is -1.10. The van der Waals surface area contributed by atoms with Crippen molar-refractivity contribution in [3.8, 4) is 0 Å². The van der Waals surface area contributed by atoms with E-state index in [-0.39, 0.29) is 0 Å². The van der Waals surface area contributed by atoms with Crippen molar-refractivity contribution >= 4 is 6.01 Å². The number of nitrogens with one attached hydrogen (secondary N) is 1. The van der Waals surface area contributed by atoms with Gasteiger partial charge in [-0.25, -0.2) is 0 Å². The van der Waals surface area contributed by atoms with Crippen LogP contribution in [0.1, 0.15) is 12.7 Å². The normalized spacial score (nSPS) is 10.8. The molecule has 0 aliphatic rings. The molecule has 1 aromatic rings. The molecule has 74 valence electrons. The first-order valence-electron chi connectivity index (χ1n) is 4.45. The second-order valence-corrected chi connectivity index (χ2v) is 2.97. The van der Waals surface area contributed by atoms with Crippen molar-refractivity contribution in [3.63, 3.8) is 0 Å². The molecule has 0 saturated heterocycles. The third kappa shape index (κ3) is 3.42. The van der Waals surface area contributed by atoms with Crippen LogP contribution in [0.2, 0.25) is 0 Å². The number of hydrogen-bond acceptors (Lipinski definition) is 5. The van der Waals surface area contributed by atoms with Crippen molar-refractivity contribution < 1.29 is 4.52 Å². The average Bonchev–Trinajstić information content (AvgIpc) is 2.51. The molecule has 5 nitrogen and oxygen atoms in total. The van der Waals surface area contributed by atoms with E-state index in [9.17, 15) is 0 Å². The number of aromatic nitrogens is 2. The van der Waals surface area contributed by atoms with Crippen LogP contribution in [0.5, 0.6) is 0 Å². The Balaban J connectivity index is 2.20. The molecular weight excluding hydrogens is 168 g/mol. The first-order valence-corrected chi connectivity index (χ1v) is 4.45.